The minimum Gasteiger partial charge on any atom is -0.497 e. The Morgan fingerprint density at radius 1 is 1.19 bits per heavy atom. The highest BCUT2D eigenvalue weighted by Crippen LogP contribution is 2.30. The molecule has 0 saturated carbocycles. The number of thiazole rings is 1. The van der Waals surface area contributed by atoms with Crippen LogP contribution in [-0.2, 0) is 0 Å². The summed E-state index contributed by atoms with van der Waals surface area (Å²) in [6.07, 6.45) is 1.62. The predicted octanol–water partition coefficient (Wildman–Crippen LogP) is 5.46. The fourth-order valence-electron chi connectivity index (χ4n) is 2.36. The monoisotopic (exact) mass is 397 g/mol. The van der Waals surface area contributed by atoms with Gasteiger partial charge in [-0.1, -0.05) is 23.7 Å². The Bertz CT molecular complexity index is 1010. The number of ether oxygens (including phenoxy) is 2. The molecule has 0 aliphatic rings. The van der Waals surface area contributed by atoms with Crippen LogP contribution in [-0.4, -0.2) is 19.2 Å². The van der Waals surface area contributed by atoms with Gasteiger partial charge in [-0.2, -0.15) is 5.26 Å². The van der Waals surface area contributed by atoms with Crippen molar-refractivity contribution in [1.82, 2.24) is 4.98 Å². The Balaban J connectivity index is 1.83. The van der Waals surface area contributed by atoms with E-state index in [0.717, 1.165) is 16.9 Å². The molecule has 1 aromatic heterocycles. The summed E-state index contributed by atoms with van der Waals surface area (Å²) in [6, 6.07) is 15.0. The third kappa shape index (κ3) is 4.40. The summed E-state index contributed by atoms with van der Waals surface area (Å²) in [4.78, 5) is 4.56. The van der Waals surface area contributed by atoms with Crippen molar-refractivity contribution in [2.75, 3.05) is 19.5 Å². The average Bonchev–Trinajstić information content (AvgIpc) is 3.19. The van der Waals surface area contributed by atoms with E-state index in [-0.39, 0.29) is 0 Å². The molecule has 0 radical (unpaired) electrons. The maximum absolute atomic E-state index is 9.52. The highest BCUT2D eigenvalue weighted by molar-refractivity contribution is 7.11. The second kappa shape index (κ2) is 8.58. The Morgan fingerprint density at radius 3 is 2.63 bits per heavy atom. The van der Waals surface area contributed by atoms with Gasteiger partial charge in [-0.15, -0.1) is 11.3 Å². The number of nitriles is 1. The first-order chi connectivity index (χ1) is 13.1. The number of nitrogens with zero attached hydrogens (tertiary/aromatic N) is 2. The Labute approximate surface area is 166 Å². The molecule has 136 valence electrons. The van der Waals surface area contributed by atoms with E-state index in [1.807, 2.05) is 41.8 Å². The number of aromatic nitrogens is 1. The molecule has 27 heavy (non-hydrogen) atoms. The lowest BCUT2D eigenvalue weighted by Gasteiger charge is -2.10. The molecule has 2 aromatic carbocycles. The number of halogens is 1. The topological polar surface area (TPSA) is 67.2 Å². The van der Waals surface area contributed by atoms with E-state index in [4.69, 9.17) is 21.1 Å². The number of nitrogens with one attached hydrogen (secondary N) is 1. The molecule has 0 bridgehead atoms. The van der Waals surface area contributed by atoms with Crippen LogP contribution in [0.2, 0.25) is 5.02 Å². The molecule has 0 aliphatic carbocycles. The van der Waals surface area contributed by atoms with Crippen LogP contribution in [0.25, 0.3) is 16.8 Å². The van der Waals surface area contributed by atoms with Crippen LogP contribution in [0, 0.1) is 11.3 Å². The van der Waals surface area contributed by atoms with E-state index >= 15 is 0 Å². The van der Waals surface area contributed by atoms with Gasteiger partial charge in [-0.3, -0.25) is 0 Å². The van der Waals surface area contributed by atoms with Crippen LogP contribution in [0.15, 0.2) is 54.0 Å². The minimum atomic E-state index is 0.429. The normalized spacial score (nSPS) is 11.0. The zero-order valence-corrected chi connectivity index (χ0v) is 16.3. The number of benzene rings is 2. The number of hydrogen-bond donors (Lipinski definition) is 1. The van der Waals surface area contributed by atoms with Crippen LogP contribution in [0.1, 0.15) is 5.01 Å². The molecule has 3 rings (SSSR count). The molecule has 1 heterocycles. The first-order valence-electron chi connectivity index (χ1n) is 7.95. The fraction of sp³-hybridized carbons (Fsp3) is 0.100. The molecule has 3 aromatic rings. The number of hydrogen-bond acceptors (Lipinski definition) is 6. The van der Waals surface area contributed by atoms with Gasteiger partial charge in [-0.05, 0) is 24.3 Å². The third-order valence-corrected chi connectivity index (χ3v) is 4.90. The lowest BCUT2D eigenvalue weighted by atomic mass is 10.2. The van der Waals surface area contributed by atoms with E-state index in [1.165, 1.54) is 11.3 Å². The maximum Gasteiger partial charge on any atom is 0.145 e. The number of allylic oxidation sites excluding steroid dienone is 1. The van der Waals surface area contributed by atoms with E-state index in [0.29, 0.717) is 27.1 Å². The van der Waals surface area contributed by atoms with Crippen molar-refractivity contribution in [2.45, 2.75) is 0 Å². The first-order valence-corrected chi connectivity index (χ1v) is 9.21. The highest BCUT2D eigenvalue weighted by Gasteiger charge is 2.10. The Hall–Kier alpha value is -3.01. The minimum absolute atomic E-state index is 0.429. The summed E-state index contributed by atoms with van der Waals surface area (Å²) in [6.45, 7) is 0. The quantitative estimate of drug-likeness (QED) is 0.559. The Morgan fingerprint density at radius 2 is 1.96 bits per heavy atom. The van der Waals surface area contributed by atoms with Crippen LogP contribution in [0.5, 0.6) is 11.5 Å². The van der Waals surface area contributed by atoms with Crippen LogP contribution >= 0.6 is 22.9 Å². The lowest BCUT2D eigenvalue weighted by molar-refractivity contribution is 0.395. The highest BCUT2D eigenvalue weighted by atomic mass is 35.5. The van der Waals surface area contributed by atoms with Crippen LogP contribution in [0.4, 0.5) is 5.69 Å². The zero-order chi connectivity index (χ0) is 19.2. The molecular formula is C20H16ClN3O2S. The molecule has 0 atom stereocenters. The smallest absolute Gasteiger partial charge is 0.145 e. The summed E-state index contributed by atoms with van der Waals surface area (Å²) in [5, 5.41) is 15.8. The van der Waals surface area contributed by atoms with Gasteiger partial charge in [0.1, 0.15) is 28.1 Å². The average molecular weight is 398 g/mol. The molecule has 0 unspecified atom stereocenters. The van der Waals surface area contributed by atoms with Gasteiger partial charge in [0.25, 0.3) is 0 Å². The molecule has 7 heteroatoms. The van der Waals surface area contributed by atoms with E-state index in [1.54, 1.807) is 26.5 Å². The van der Waals surface area contributed by atoms with Gasteiger partial charge >= 0.3 is 0 Å². The fourth-order valence-corrected chi connectivity index (χ4v) is 3.28. The molecule has 0 saturated heterocycles. The second-order valence-electron chi connectivity index (χ2n) is 5.43. The van der Waals surface area contributed by atoms with Crippen molar-refractivity contribution in [1.29, 1.82) is 5.26 Å². The molecule has 5 nitrogen and oxygen atoms in total. The van der Waals surface area contributed by atoms with E-state index < -0.39 is 0 Å². The molecule has 0 fully saturated rings. The van der Waals surface area contributed by atoms with Crippen molar-refractivity contribution in [3.8, 4) is 28.8 Å². The predicted molar refractivity (Wildman–Crippen MR) is 109 cm³/mol. The SMILES string of the molecule is COc1ccc(N/C=C(/C#N)c2nc(-c3ccc(Cl)cc3)cs2)c(OC)c1. The van der Waals surface area contributed by atoms with Gasteiger partial charge < -0.3 is 14.8 Å². The van der Waals surface area contributed by atoms with Gasteiger partial charge in [0, 0.05) is 28.2 Å². The molecule has 0 spiro atoms. The summed E-state index contributed by atoms with van der Waals surface area (Å²) >= 11 is 7.33. The molecular weight excluding hydrogens is 382 g/mol. The van der Waals surface area contributed by atoms with Crippen molar-refractivity contribution in [3.63, 3.8) is 0 Å². The van der Waals surface area contributed by atoms with Gasteiger partial charge in [0.05, 0.1) is 25.6 Å². The number of methoxy groups -OCH3 is 2. The maximum atomic E-state index is 9.52. The van der Waals surface area contributed by atoms with Crippen molar-refractivity contribution >= 4 is 34.2 Å². The second-order valence-corrected chi connectivity index (χ2v) is 6.72. The third-order valence-electron chi connectivity index (χ3n) is 3.78. The standard InChI is InChI=1S/C20H16ClN3O2S/c1-25-16-7-8-17(19(9-16)26-2)23-11-14(10-22)20-24-18(12-27-20)13-3-5-15(21)6-4-13/h3-9,11-12,23H,1-2H3/b14-11-. The molecule has 0 amide bonds. The summed E-state index contributed by atoms with van der Waals surface area (Å²) < 4.78 is 10.5. The van der Waals surface area contributed by atoms with Gasteiger partial charge in [-0.25, -0.2) is 4.98 Å². The zero-order valence-electron chi connectivity index (χ0n) is 14.7. The van der Waals surface area contributed by atoms with Crippen LogP contribution in [0.3, 0.4) is 0 Å². The van der Waals surface area contributed by atoms with Gasteiger partial charge in [0.15, 0.2) is 0 Å². The van der Waals surface area contributed by atoms with Crippen LogP contribution < -0.4 is 14.8 Å². The lowest BCUT2D eigenvalue weighted by Crippen LogP contribution is -1.95. The summed E-state index contributed by atoms with van der Waals surface area (Å²) in [7, 11) is 3.17. The van der Waals surface area contributed by atoms with E-state index in [9.17, 15) is 5.26 Å². The van der Waals surface area contributed by atoms with Crippen molar-refractivity contribution in [2.24, 2.45) is 0 Å². The van der Waals surface area contributed by atoms with E-state index in [2.05, 4.69) is 16.4 Å². The van der Waals surface area contributed by atoms with Gasteiger partial charge in [0.2, 0.25) is 0 Å². The summed E-state index contributed by atoms with van der Waals surface area (Å²) in [5.74, 6) is 1.30. The molecule has 1 N–H and O–H groups in total. The Kier molecular flexibility index (Phi) is 5.97. The first kappa shape index (κ1) is 18.8. The number of rotatable bonds is 6. The molecule has 0 aliphatic heterocycles. The van der Waals surface area contributed by atoms with Crippen molar-refractivity contribution < 1.29 is 9.47 Å². The summed E-state index contributed by atoms with van der Waals surface area (Å²) in [5.41, 5.74) is 2.90. The van der Waals surface area contributed by atoms with Crippen molar-refractivity contribution in [3.05, 3.63) is 64.1 Å². The number of anilines is 1. The largest absolute Gasteiger partial charge is 0.497 e.